The van der Waals surface area contributed by atoms with Crippen molar-refractivity contribution >= 4 is 23.3 Å². The lowest BCUT2D eigenvalue weighted by Crippen LogP contribution is -2.11. The van der Waals surface area contributed by atoms with E-state index in [2.05, 4.69) is 10.3 Å². The van der Waals surface area contributed by atoms with Gasteiger partial charge in [0.15, 0.2) is 0 Å². The number of anilines is 1. The number of carbonyl (C=O) groups is 1. The summed E-state index contributed by atoms with van der Waals surface area (Å²) in [5, 5.41) is 3.46. The van der Waals surface area contributed by atoms with Crippen LogP contribution in [0.2, 0.25) is 5.15 Å². The van der Waals surface area contributed by atoms with Crippen LogP contribution in [0, 0.1) is 0 Å². The lowest BCUT2D eigenvalue weighted by molar-refractivity contribution is 0.0527. The van der Waals surface area contributed by atoms with Crippen LogP contribution in [0.15, 0.2) is 30.5 Å². The Hall–Kier alpha value is -2.47. The molecule has 0 unspecified atom stereocenters. The molecule has 0 saturated carbocycles. The van der Waals surface area contributed by atoms with Crippen LogP contribution in [0.1, 0.15) is 36.7 Å². The summed E-state index contributed by atoms with van der Waals surface area (Å²) in [7, 11) is 3.18. The number of aromatic nitrogens is 1. The Morgan fingerprint density at radius 2 is 1.92 bits per heavy atom. The number of methoxy groups -OCH3 is 2. The fourth-order valence-electron chi connectivity index (χ4n) is 2.14. The van der Waals surface area contributed by atoms with Gasteiger partial charge in [0.25, 0.3) is 0 Å². The zero-order chi connectivity index (χ0) is 19.5. The predicted molar refractivity (Wildman–Crippen MR) is 103 cm³/mol. The fourth-order valence-corrected chi connectivity index (χ4v) is 2.29. The van der Waals surface area contributed by atoms with Crippen molar-refractivity contribution < 1.29 is 19.0 Å². The molecule has 6 nitrogen and oxygen atoms in total. The molecule has 0 bridgehead atoms. The maximum Gasteiger partial charge on any atom is 0.341 e. The number of nitrogens with zero attached hydrogens (tertiary/aromatic N) is 1. The highest BCUT2D eigenvalue weighted by atomic mass is 35.5. The van der Waals surface area contributed by atoms with E-state index >= 15 is 0 Å². The van der Waals surface area contributed by atoms with Crippen LogP contribution in [0.3, 0.4) is 0 Å². The molecule has 142 valence electrons. The first-order valence-corrected chi connectivity index (χ1v) is 8.74. The van der Waals surface area contributed by atoms with Gasteiger partial charge in [-0.15, -0.1) is 0 Å². The number of benzene rings is 1. The SMILES string of the molecule is CC.CCOC(=O)c1cnc(Cl)cc1NCc1ccc(OC)cc1OC. The van der Waals surface area contributed by atoms with Gasteiger partial charge in [0.05, 0.1) is 26.5 Å². The van der Waals surface area contributed by atoms with E-state index in [1.165, 1.54) is 6.20 Å². The maximum absolute atomic E-state index is 12.0. The molecule has 0 fully saturated rings. The van der Waals surface area contributed by atoms with Crippen LogP contribution >= 0.6 is 11.6 Å². The van der Waals surface area contributed by atoms with Crippen molar-refractivity contribution in [2.24, 2.45) is 0 Å². The Morgan fingerprint density at radius 3 is 2.54 bits per heavy atom. The number of carbonyl (C=O) groups excluding carboxylic acids is 1. The largest absolute Gasteiger partial charge is 0.497 e. The summed E-state index contributed by atoms with van der Waals surface area (Å²) in [5.74, 6) is 0.931. The van der Waals surface area contributed by atoms with Gasteiger partial charge in [-0.25, -0.2) is 9.78 Å². The second kappa shape index (κ2) is 11.2. The van der Waals surface area contributed by atoms with E-state index in [0.717, 1.165) is 5.56 Å². The third kappa shape index (κ3) is 5.81. The van der Waals surface area contributed by atoms with E-state index in [0.29, 0.717) is 29.3 Å². The minimum Gasteiger partial charge on any atom is -0.497 e. The molecule has 2 rings (SSSR count). The van der Waals surface area contributed by atoms with Gasteiger partial charge >= 0.3 is 5.97 Å². The van der Waals surface area contributed by atoms with E-state index in [-0.39, 0.29) is 11.8 Å². The monoisotopic (exact) mass is 380 g/mol. The molecule has 1 aromatic heterocycles. The second-order valence-corrected chi connectivity index (χ2v) is 5.19. The number of rotatable bonds is 7. The summed E-state index contributed by atoms with van der Waals surface area (Å²) < 4.78 is 15.6. The predicted octanol–water partition coefficient (Wildman–Crippen LogP) is 4.57. The molecule has 1 N–H and O–H groups in total. The lowest BCUT2D eigenvalue weighted by Gasteiger charge is -2.14. The molecule has 0 saturated heterocycles. The van der Waals surface area contributed by atoms with E-state index < -0.39 is 5.97 Å². The number of hydrogen-bond donors (Lipinski definition) is 1. The van der Waals surface area contributed by atoms with E-state index in [1.54, 1.807) is 33.3 Å². The van der Waals surface area contributed by atoms with Crippen LogP contribution in [0.5, 0.6) is 11.5 Å². The van der Waals surface area contributed by atoms with Gasteiger partial charge in [0, 0.05) is 24.4 Å². The molecule has 0 aliphatic heterocycles. The highest BCUT2D eigenvalue weighted by Crippen LogP contribution is 2.26. The van der Waals surface area contributed by atoms with E-state index in [1.807, 2.05) is 26.0 Å². The average molecular weight is 381 g/mol. The van der Waals surface area contributed by atoms with Crippen molar-refractivity contribution in [1.29, 1.82) is 0 Å². The van der Waals surface area contributed by atoms with Crippen molar-refractivity contribution in [3.8, 4) is 11.5 Å². The van der Waals surface area contributed by atoms with Crippen LogP contribution in [-0.2, 0) is 11.3 Å². The van der Waals surface area contributed by atoms with Gasteiger partial charge in [-0.1, -0.05) is 25.4 Å². The third-order valence-electron chi connectivity index (χ3n) is 3.33. The van der Waals surface area contributed by atoms with Gasteiger partial charge < -0.3 is 19.5 Å². The molecule has 0 amide bonds. The zero-order valence-electron chi connectivity index (χ0n) is 15.8. The van der Waals surface area contributed by atoms with Crippen LogP contribution in [-0.4, -0.2) is 31.8 Å². The standard InChI is InChI=1S/C17H19ClN2O4.C2H6/c1-4-24-17(21)13-10-20-16(18)8-14(13)19-9-11-5-6-12(22-2)7-15(11)23-3;1-2/h5-8,10H,4,9H2,1-3H3,(H,19,20);1-2H3. The Balaban J connectivity index is 0.00000163. The first-order valence-electron chi connectivity index (χ1n) is 8.36. The van der Waals surface area contributed by atoms with Gasteiger partial charge in [-0.05, 0) is 25.1 Å². The first-order chi connectivity index (χ1) is 12.6. The van der Waals surface area contributed by atoms with Crippen molar-refractivity contribution in [1.82, 2.24) is 4.98 Å². The molecule has 0 aliphatic carbocycles. The van der Waals surface area contributed by atoms with Crippen LogP contribution < -0.4 is 14.8 Å². The van der Waals surface area contributed by atoms with Gasteiger partial charge in [-0.3, -0.25) is 0 Å². The van der Waals surface area contributed by atoms with Crippen molar-refractivity contribution in [2.75, 3.05) is 26.1 Å². The summed E-state index contributed by atoms with van der Waals surface area (Å²) in [5.41, 5.74) is 1.78. The quantitative estimate of drug-likeness (QED) is 0.560. The van der Waals surface area contributed by atoms with Gasteiger partial charge in [0.1, 0.15) is 22.2 Å². The van der Waals surface area contributed by atoms with Crippen LogP contribution in [0.25, 0.3) is 0 Å². The second-order valence-electron chi connectivity index (χ2n) is 4.80. The lowest BCUT2D eigenvalue weighted by atomic mass is 10.1. The minimum atomic E-state index is -0.453. The maximum atomic E-state index is 12.0. The molecule has 0 atom stereocenters. The van der Waals surface area contributed by atoms with Gasteiger partial charge in [0.2, 0.25) is 0 Å². The Morgan fingerprint density at radius 1 is 1.19 bits per heavy atom. The molecule has 1 aromatic carbocycles. The summed E-state index contributed by atoms with van der Waals surface area (Å²) in [6, 6.07) is 7.11. The smallest absolute Gasteiger partial charge is 0.341 e. The number of hydrogen-bond acceptors (Lipinski definition) is 6. The molecule has 2 aromatic rings. The molecule has 7 heteroatoms. The molecule has 1 heterocycles. The van der Waals surface area contributed by atoms with Crippen molar-refractivity contribution in [2.45, 2.75) is 27.3 Å². The molecule has 0 radical (unpaired) electrons. The molecule has 26 heavy (non-hydrogen) atoms. The van der Waals surface area contributed by atoms with E-state index in [9.17, 15) is 4.79 Å². The summed E-state index contributed by atoms with van der Waals surface area (Å²) in [6.45, 7) is 6.46. The zero-order valence-corrected chi connectivity index (χ0v) is 16.5. The normalized spacial score (nSPS) is 9.62. The summed E-state index contributed by atoms with van der Waals surface area (Å²) in [6.07, 6.45) is 1.40. The number of pyridine rings is 1. The minimum absolute atomic E-state index is 0.284. The Bertz CT molecular complexity index is 723. The molecular formula is C19H25ClN2O4. The summed E-state index contributed by atoms with van der Waals surface area (Å²) >= 11 is 5.93. The number of halogens is 1. The Kier molecular flexibility index (Phi) is 9.30. The number of ether oxygens (including phenoxy) is 3. The van der Waals surface area contributed by atoms with Crippen molar-refractivity contribution in [3.63, 3.8) is 0 Å². The average Bonchev–Trinajstić information content (AvgIpc) is 2.68. The number of esters is 1. The topological polar surface area (TPSA) is 69.7 Å². The summed E-state index contributed by atoms with van der Waals surface area (Å²) in [4.78, 5) is 15.9. The van der Waals surface area contributed by atoms with Gasteiger partial charge in [-0.2, -0.15) is 0 Å². The van der Waals surface area contributed by atoms with Crippen molar-refractivity contribution in [3.05, 3.63) is 46.7 Å². The first kappa shape index (κ1) is 21.6. The molecule has 0 aliphatic rings. The Labute approximate surface area is 159 Å². The third-order valence-corrected chi connectivity index (χ3v) is 3.54. The highest BCUT2D eigenvalue weighted by molar-refractivity contribution is 6.29. The number of nitrogens with one attached hydrogen (secondary N) is 1. The van der Waals surface area contributed by atoms with Crippen LogP contribution in [0.4, 0.5) is 5.69 Å². The fraction of sp³-hybridized carbons (Fsp3) is 0.368. The molecular weight excluding hydrogens is 356 g/mol. The highest BCUT2D eigenvalue weighted by Gasteiger charge is 2.14. The molecule has 0 spiro atoms. The van der Waals surface area contributed by atoms with E-state index in [4.69, 9.17) is 25.8 Å².